The van der Waals surface area contributed by atoms with Crippen molar-refractivity contribution in [1.82, 2.24) is 14.7 Å². The first-order valence-electron chi connectivity index (χ1n) is 8.27. The average molecular weight is 344 g/mol. The fourth-order valence-electron chi connectivity index (χ4n) is 2.67. The molecule has 0 unspecified atom stereocenters. The SMILES string of the molecule is CCn1nc(C)c(NC(=O)C(=O)N(CCO)Cc2ccccc2)c1C. The summed E-state index contributed by atoms with van der Waals surface area (Å²) >= 11 is 0. The van der Waals surface area contributed by atoms with E-state index >= 15 is 0 Å². The van der Waals surface area contributed by atoms with Gasteiger partial charge in [0.25, 0.3) is 0 Å². The molecule has 134 valence electrons. The molecule has 0 radical (unpaired) electrons. The molecule has 7 heteroatoms. The molecule has 0 bridgehead atoms. The van der Waals surface area contributed by atoms with Gasteiger partial charge in [-0.1, -0.05) is 30.3 Å². The number of nitrogens with one attached hydrogen (secondary N) is 1. The molecule has 25 heavy (non-hydrogen) atoms. The Kier molecular flexibility index (Phi) is 6.30. The number of hydrogen-bond acceptors (Lipinski definition) is 4. The molecular formula is C18H24N4O3. The Bertz CT molecular complexity index is 740. The lowest BCUT2D eigenvalue weighted by Gasteiger charge is -2.21. The number of anilines is 1. The van der Waals surface area contributed by atoms with Crippen molar-refractivity contribution in [2.24, 2.45) is 0 Å². The minimum Gasteiger partial charge on any atom is -0.395 e. The number of aromatic nitrogens is 2. The maximum Gasteiger partial charge on any atom is 0.314 e. The van der Waals surface area contributed by atoms with Crippen LogP contribution in [-0.4, -0.2) is 44.8 Å². The molecule has 1 heterocycles. The number of hydrogen-bond donors (Lipinski definition) is 2. The molecule has 0 aliphatic carbocycles. The van der Waals surface area contributed by atoms with Gasteiger partial charge in [0.1, 0.15) is 0 Å². The summed E-state index contributed by atoms with van der Waals surface area (Å²) in [6.45, 7) is 6.42. The number of aryl methyl sites for hydroxylation is 2. The molecule has 1 aromatic carbocycles. The molecule has 0 saturated carbocycles. The molecule has 2 amide bonds. The summed E-state index contributed by atoms with van der Waals surface area (Å²) in [5.41, 5.74) is 2.92. The molecule has 0 atom stereocenters. The van der Waals surface area contributed by atoms with Crippen molar-refractivity contribution >= 4 is 17.5 Å². The molecule has 0 spiro atoms. The minimum absolute atomic E-state index is 0.0906. The van der Waals surface area contributed by atoms with E-state index < -0.39 is 11.8 Å². The van der Waals surface area contributed by atoms with Gasteiger partial charge in [0.2, 0.25) is 0 Å². The van der Waals surface area contributed by atoms with Gasteiger partial charge < -0.3 is 15.3 Å². The lowest BCUT2D eigenvalue weighted by Crippen LogP contribution is -2.41. The van der Waals surface area contributed by atoms with Crippen LogP contribution in [0.5, 0.6) is 0 Å². The second-order valence-corrected chi connectivity index (χ2v) is 5.75. The van der Waals surface area contributed by atoms with Gasteiger partial charge in [-0.3, -0.25) is 14.3 Å². The first kappa shape index (κ1) is 18.7. The minimum atomic E-state index is -0.730. The second-order valence-electron chi connectivity index (χ2n) is 5.75. The average Bonchev–Trinajstić information content (AvgIpc) is 2.89. The van der Waals surface area contributed by atoms with E-state index in [1.54, 1.807) is 11.6 Å². The smallest absolute Gasteiger partial charge is 0.314 e. The van der Waals surface area contributed by atoms with Crippen molar-refractivity contribution in [3.8, 4) is 0 Å². The van der Waals surface area contributed by atoms with Gasteiger partial charge in [0.05, 0.1) is 23.7 Å². The van der Waals surface area contributed by atoms with Crippen LogP contribution < -0.4 is 5.32 Å². The van der Waals surface area contributed by atoms with Crippen molar-refractivity contribution < 1.29 is 14.7 Å². The summed E-state index contributed by atoms with van der Waals surface area (Å²) in [7, 11) is 0. The Morgan fingerprint density at radius 1 is 1.24 bits per heavy atom. The molecule has 0 saturated heterocycles. The highest BCUT2D eigenvalue weighted by Crippen LogP contribution is 2.19. The van der Waals surface area contributed by atoms with Crippen LogP contribution in [0.3, 0.4) is 0 Å². The highest BCUT2D eigenvalue weighted by Gasteiger charge is 2.24. The van der Waals surface area contributed by atoms with Crippen LogP contribution in [0.25, 0.3) is 0 Å². The van der Waals surface area contributed by atoms with Crippen LogP contribution in [0.15, 0.2) is 30.3 Å². The number of benzene rings is 1. The Hall–Kier alpha value is -2.67. The van der Waals surface area contributed by atoms with Gasteiger partial charge in [-0.25, -0.2) is 0 Å². The number of carbonyl (C=O) groups excluding carboxylic acids is 2. The molecule has 1 aromatic heterocycles. The highest BCUT2D eigenvalue weighted by molar-refractivity contribution is 6.39. The summed E-state index contributed by atoms with van der Waals surface area (Å²) in [5, 5.41) is 16.2. The summed E-state index contributed by atoms with van der Waals surface area (Å²) in [6.07, 6.45) is 0. The quantitative estimate of drug-likeness (QED) is 0.777. The summed E-state index contributed by atoms with van der Waals surface area (Å²) in [4.78, 5) is 26.2. The summed E-state index contributed by atoms with van der Waals surface area (Å²) < 4.78 is 1.77. The second kappa shape index (κ2) is 8.43. The fraction of sp³-hybridized carbons (Fsp3) is 0.389. The van der Waals surface area contributed by atoms with E-state index in [4.69, 9.17) is 0 Å². The number of aliphatic hydroxyl groups excluding tert-OH is 1. The zero-order valence-corrected chi connectivity index (χ0v) is 14.8. The molecule has 2 N–H and O–H groups in total. The molecule has 7 nitrogen and oxygen atoms in total. The fourth-order valence-corrected chi connectivity index (χ4v) is 2.67. The topological polar surface area (TPSA) is 87.5 Å². The monoisotopic (exact) mass is 344 g/mol. The lowest BCUT2D eigenvalue weighted by atomic mass is 10.2. The van der Waals surface area contributed by atoms with Crippen LogP contribution in [0, 0.1) is 13.8 Å². The number of rotatable bonds is 6. The van der Waals surface area contributed by atoms with Gasteiger partial charge in [-0.15, -0.1) is 0 Å². The summed E-state index contributed by atoms with van der Waals surface area (Å²) in [6, 6.07) is 9.35. The van der Waals surface area contributed by atoms with Crippen LogP contribution in [0.2, 0.25) is 0 Å². The van der Waals surface area contributed by atoms with E-state index in [1.807, 2.05) is 44.2 Å². The van der Waals surface area contributed by atoms with Crippen LogP contribution >= 0.6 is 0 Å². The van der Waals surface area contributed by atoms with Gasteiger partial charge in [-0.2, -0.15) is 5.10 Å². The first-order chi connectivity index (χ1) is 12.0. The number of nitrogens with zero attached hydrogens (tertiary/aromatic N) is 3. The van der Waals surface area contributed by atoms with E-state index in [9.17, 15) is 14.7 Å². The Labute approximate surface area is 147 Å². The van der Waals surface area contributed by atoms with Crippen molar-refractivity contribution in [1.29, 1.82) is 0 Å². The number of amides is 2. The van der Waals surface area contributed by atoms with Gasteiger partial charge in [0, 0.05) is 19.6 Å². The van der Waals surface area contributed by atoms with Crippen molar-refractivity contribution in [3.63, 3.8) is 0 Å². The van der Waals surface area contributed by atoms with Gasteiger partial charge >= 0.3 is 11.8 Å². The van der Waals surface area contributed by atoms with Crippen LogP contribution in [0.4, 0.5) is 5.69 Å². The Balaban J connectivity index is 2.13. The first-order valence-corrected chi connectivity index (χ1v) is 8.27. The van der Waals surface area contributed by atoms with Crippen molar-refractivity contribution in [2.45, 2.75) is 33.9 Å². The molecule has 0 aliphatic rings. The predicted molar refractivity (Wildman–Crippen MR) is 94.9 cm³/mol. The highest BCUT2D eigenvalue weighted by atomic mass is 16.3. The standard InChI is InChI=1S/C18H24N4O3/c1-4-22-14(3)16(13(2)20-22)19-17(24)18(25)21(10-11-23)12-15-8-6-5-7-9-15/h5-9,23H,4,10-12H2,1-3H3,(H,19,24). The third-order valence-corrected chi connectivity index (χ3v) is 3.99. The maximum atomic E-state index is 12.5. The molecule has 2 rings (SSSR count). The Morgan fingerprint density at radius 3 is 2.48 bits per heavy atom. The van der Waals surface area contributed by atoms with E-state index in [0.717, 1.165) is 11.3 Å². The molecule has 2 aromatic rings. The number of carbonyl (C=O) groups is 2. The zero-order valence-electron chi connectivity index (χ0n) is 14.8. The molecule has 0 aliphatic heterocycles. The van der Waals surface area contributed by atoms with E-state index in [1.165, 1.54) is 4.90 Å². The zero-order chi connectivity index (χ0) is 18.4. The molecule has 0 fully saturated rings. The largest absolute Gasteiger partial charge is 0.395 e. The third-order valence-electron chi connectivity index (χ3n) is 3.99. The number of aliphatic hydroxyl groups is 1. The van der Waals surface area contributed by atoms with E-state index in [-0.39, 0.29) is 19.7 Å². The summed E-state index contributed by atoms with van der Waals surface area (Å²) in [5.74, 6) is -1.41. The van der Waals surface area contributed by atoms with Crippen molar-refractivity contribution in [3.05, 3.63) is 47.3 Å². The predicted octanol–water partition coefficient (Wildman–Crippen LogP) is 1.48. The van der Waals surface area contributed by atoms with Crippen molar-refractivity contribution in [2.75, 3.05) is 18.5 Å². The van der Waals surface area contributed by atoms with E-state index in [0.29, 0.717) is 17.9 Å². The lowest BCUT2D eigenvalue weighted by molar-refractivity contribution is -0.143. The van der Waals surface area contributed by atoms with Crippen LogP contribution in [0.1, 0.15) is 23.9 Å². The van der Waals surface area contributed by atoms with Gasteiger partial charge in [0.15, 0.2) is 0 Å². The van der Waals surface area contributed by atoms with Crippen LogP contribution in [-0.2, 0) is 22.7 Å². The Morgan fingerprint density at radius 2 is 1.92 bits per heavy atom. The third kappa shape index (κ3) is 4.45. The normalized spacial score (nSPS) is 10.6. The molecular weight excluding hydrogens is 320 g/mol. The maximum absolute atomic E-state index is 12.5. The van der Waals surface area contributed by atoms with Gasteiger partial charge in [-0.05, 0) is 26.3 Å². The van der Waals surface area contributed by atoms with E-state index in [2.05, 4.69) is 10.4 Å².